The third-order valence-corrected chi connectivity index (χ3v) is 12.1. The van der Waals surface area contributed by atoms with Gasteiger partial charge in [-0.05, 0) is 71.2 Å². The van der Waals surface area contributed by atoms with Crippen LogP contribution in [0.3, 0.4) is 0 Å². The molecule has 2 atom stereocenters. The van der Waals surface area contributed by atoms with Crippen molar-refractivity contribution in [3.63, 3.8) is 0 Å². The van der Waals surface area contributed by atoms with Crippen LogP contribution in [-0.4, -0.2) is 20.7 Å². The molecule has 5 rings (SSSR count). The fourth-order valence-electron chi connectivity index (χ4n) is 6.00. The van der Waals surface area contributed by atoms with Crippen LogP contribution >= 0.6 is 23.5 Å². The molecule has 1 fully saturated rings. The first-order valence-corrected chi connectivity index (χ1v) is 19.4. The molecule has 256 valence electrons. The number of phenolic OH excluding ortho intramolecular Hbond substituents is 2. The summed E-state index contributed by atoms with van der Waals surface area (Å²) in [7, 11) is 0. The Bertz CT molecular complexity index is 1500. The van der Waals surface area contributed by atoms with E-state index in [1.165, 1.54) is 25.7 Å². The van der Waals surface area contributed by atoms with E-state index in [1.807, 2.05) is 96.3 Å². The Hall–Kier alpha value is -3.22. The average molecular weight is 685 g/mol. The summed E-state index contributed by atoms with van der Waals surface area (Å²) in [5.41, 5.74) is 3.95. The number of thioether (sulfide) groups is 2. The lowest BCUT2D eigenvalue weighted by Crippen LogP contribution is -2.22. The average Bonchev–Trinajstić information content (AvgIpc) is 3.03. The highest BCUT2D eigenvalue weighted by molar-refractivity contribution is 8.03. The van der Waals surface area contributed by atoms with Crippen molar-refractivity contribution < 1.29 is 19.7 Å². The fraction of sp³-hybridized carbons (Fsp3) is 0.429. The van der Waals surface area contributed by atoms with Crippen molar-refractivity contribution in [1.29, 1.82) is 0 Å². The lowest BCUT2D eigenvalue weighted by atomic mass is 9.86. The molecule has 0 heterocycles. The zero-order valence-electron chi connectivity index (χ0n) is 29.4. The van der Waals surface area contributed by atoms with E-state index >= 15 is 0 Å². The van der Waals surface area contributed by atoms with E-state index < -0.39 is 0 Å². The normalized spacial score (nSPS) is 17.4. The molecule has 0 saturated heterocycles. The molecule has 0 aromatic heterocycles. The van der Waals surface area contributed by atoms with E-state index in [4.69, 9.17) is 9.47 Å². The van der Waals surface area contributed by atoms with Gasteiger partial charge in [0.15, 0.2) is 23.0 Å². The molecule has 0 amide bonds. The molecule has 4 aromatic rings. The lowest BCUT2D eigenvalue weighted by molar-refractivity contribution is 0.406. The predicted octanol–water partition coefficient (Wildman–Crippen LogP) is 12.5. The lowest BCUT2D eigenvalue weighted by Gasteiger charge is -2.30. The number of rotatable bonds is 10. The van der Waals surface area contributed by atoms with Crippen LogP contribution in [-0.2, 0) is 22.3 Å². The molecular weight excluding hydrogens is 633 g/mol. The summed E-state index contributed by atoms with van der Waals surface area (Å²) in [4.78, 5) is 0. The standard InChI is InChI=1S/C42H52O4S2/c1-41(2,3)31-23-29(39(43)35(25-31)45-33-17-11-9-12-18-33)27-47-37-21-15-7-8-16-22-38(37)48-28-30-24-32(42(4,5)6)26-36(40(30)44)46-34-19-13-10-14-20-34/h9-14,17-20,23-26,37-38,43-44H,7-8,15-16,21-22,27-28H2,1-6H3/t37-,38?/m0/s1. The van der Waals surface area contributed by atoms with Crippen molar-refractivity contribution in [2.45, 2.75) is 113 Å². The third kappa shape index (κ3) is 9.69. The Balaban J connectivity index is 1.37. The number of hydrogen-bond acceptors (Lipinski definition) is 6. The zero-order valence-corrected chi connectivity index (χ0v) is 31.1. The maximum atomic E-state index is 11.5. The molecule has 0 aliphatic heterocycles. The minimum absolute atomic E-state index is 0.0901. The van der Waals surface area contributed by atoms with Gasteiger partial charge in [-0.2, -0.15) is 23.5 Å². The highest BCUT2D eigenvalue weighted by atomic mass is 32.2. The number of benzene rings is 4. The Kier molecular flexibility index (Phi) is 12.0. The van der Waals surface area contributed by atoms with Crippen LogP contribution in [0.2, 0.25) is 0 Å². The molecule has 0 bridgehead atoms. The third-order valence-electron chi connectivity index (χ3n) is 9.03. The Morgan fingerprint density at radius 2 is 0.938 bits per heavy atom. The molecule has 2 N–H and O–H groups in total. The van der Waals surface area contributed by atoms with Gasteiger partial charge in [-0.15, -0.1) is 0 Å². The van der Waals surface area contributed by atoms with E-state index in [0.717, 1.165) is 35.1 Å². The van der Waals surface area contributed by atoms with Gasteiger partial charge in [0, 0.05) is 33.1 Å². The van der Waals surface area contributed by atoms with Gasteiger partial charge in [0.05, 0.1) is 0 Å². The molecule has 4 nitrogen and oxygen atoms in total. The second-order valence-corrected chi connectivity index (χ2v) is 17.4. The van der Waals surface area contributed by atoms with Crippen LogP contribution in [0.15, 0.2) is 84.9 Å². The molecule has 0 radical (unpaired) electrons. The van der Waals surface area contributed by atoms with Gasteiger partial charge in [-0.3, -0.25) is 0 Å². The Labute approximate surface area is 296 Å². The van der Waals surface area contributed by atoms with Gasteiger partial charge in [0.1, 0.15) is 11.5 Å². The summed E-state index contributed by atoms with van der Waals surface area (Å²) in [5.74, 6) is 4.32. The van der Waals surface area contributed by atoms with E-state index in [1.54, 1.807) is 0 Å². The molecular formula is C42H52O4S2. The summed E-state index contributed by atoms with van der Waals surface area (Å²) < 4.78 is 12.4. The molecule has 1 unspecified atom stereocenters. The first-order valence-electron chi connectivity index (χ1n) is 17.3. The molecule has 48 heavy (non-hydrogen) atoms. The minimum atomic E-state index is -0.0901. The number of aromatic hydroxyl groups is 2. The summed E-state index contributed by atoms with van der Waals surface area (Å²) in [5, 5.41) is 23.8. The number of para-hydroxylation sites is 2. The maximum Gasteiger partial charge on any atom is 0.169 e. The Morgan fingerprint density at radius 3 is 1.29 bits per heavy atom. The number of ether oxygens (including phenoxy) is 2. The molecule has 6 heteroatoms. The fourth-order valence-corrected chi connectivity index (χ4v) is 9.06. The van der Waals surface area contributed by atoms with Gasteiger partial charge in [-0.1, -0.05) is 116 Å². The first kappa shape index (κ1) is 36.1. The molecule has 1 saturated carbocycles. The SMILES string of the molecule is CC(C)(C)c1cc(CSC2CCCCCC[C@@H]2SCc2cc(C(C)(C)C)cc(Oc3ccccc3)c2O)c(O)c(Oc2ccccc2)c1. The van der Waals surface area contributed by atoms with Crippen LogP contribution in [0.5, 0.6) is 34.5 Å². The van der Waals surface area contributed by atoms with E-state index in [9.17, 15) is 10.2 Å². The highest BCUT2D eigenvalue weighted by Crippen LogP contribution is 2.45. The summed E-state index contributed by atoms with van der Waals surface area (Å²) >= 11 is 3.92. The van der Waals surface area contributed by atoms with Crippen LogP contribution in [0.4, 0.5) is 0 Å². The summed E-state index contributed by atoms with van der Waals surface area (Å²) in [6.45, 7) is 13.2. The van der Waals surface area contributed by atoms with Crippen molar-refractivity contribution in [2.75, 3.05) is 0 Å². The van der Waals surface area contributed by atoms with Gasteiger partial charge in [0.2, 0.25) is 0 Å². The highest BCUT2D eigenvalue weighted by Gasteiger charge is 2.27. The van der Waals surface area contributed by atoms with Crippen LogP contribution < -0.4 is 9.47 Å². The van der Waals surface area contributed by atoms with Gasteiger partial charge in [-0.25, -0.2) is 0 Å². The second kappa shape index (κ2) is 16.0. The quantitative estimate of drug-likeness (QED) is 0.173. The van der Waals surface area contributed by atoms with Crippen molar-refractivity contribution in [3.8, 4) is 34.5 Å². The smallest absolute Gasteiger partial charge is 0.169 e. The van der Waals surface area contributed by atoms with E-state index in [-0.39, 0.29) is 22.3 Å². The molecule has 0 spiro atoms. The van der Waals surface area contributed by atoms with Gasteiger partial charge in [0.25, 0.3) is 0 Å². The monoisotopic (exact) mass is 684 g/mol. The van der Waals surface area contributed by atoms with Crippen molar-refractivity contribution in [1.82, 2.24) is 0 Å². The largest absolute Gasteiger partial charge is 0.504 e. The topological polar surface area (TPSA) is 58.9 Å². The van der Waals surface area contributed by atoms with E-state index in [0.29, 0.717) is 45.0 Å². The first-order chi connectivity index (χ1) is 22.9. The summed E-state index contributed by atoms with van der Waals surface area (Å²) in [6, 6.07) is 27.7. The number of phenols is 2. The maximum absolute atomic E-state index is 11.5. The van der Waals surface area contributed by atoms with Gasteiger partial charge < -0.3 is 19.7 Å². The Morgan fingerprint density at radius 1 is 0.562 bits per heavy atom. The molecule has 4 aromatic carbocycles. The van der Waals surface area contributed by atoms with Crippen molar-refractivity contribution >= 4 is 23.5 Å². The molecule has 1 aliphatic carbocycles. The van der Waals surface area contributed by atoms with Crippen LogP contribution in [0.25, 0.3) is 0 Å². The molecule has 1 aliphatic rings. The van der Waals surface area contributed by atoms with Crippen molar-refractivity contribution in [3.05, 3.63) is 107 Å². The predicted molar refractivity (Wildman–Crippen MR) is 205 cm³/mol. The van der Waals surface area contributed by atoms with Crippen LogP contribution in [0.1, 0.15) is 102 Å². The van der Waals surface area contributed by atoms with Crippen molar-refractivity contribution in [2.24, 2.45) is 0 Å². The van der Waals surface area contributed by atoms with Gasteiger partial charge >= 0.3 is 0 Å². The zero-order chi connectivity index (χ0) is 34.3. The minimum Gasteiger partial charge on any atom is -0.504 e. The summed E-state index contributed by atoms with van der Waals surface area (Å²) in [6.07, 6.45) is 7.25. The second-order valence-electron chi connectivity index (χ2n) is 15.0. The van der Waals surface area contributed by atoms with E-state index in [2.05, 4.69) is 53.7 Å². The number of hydrogen-bond donors (Lipinski definition) is 2. The van der Waals surface area contributed by atoms with Crippen LogP contribution in [0, 0.1) is 0 Å².